The molecule has 1 heterocycles. The summed E-state index contributed by atoms with van der Waals surface area (Å²) < 4.78 is 0. The fourth-order valence-corrected chi connectivity index (χ4v) is 1.97. The van der Waals surface area contributed by atoms with Gasteiger partial charge in [-0.1, -0.05) is 18.2 Å². The van der Waals surface area contributed by atoms with Crippen molar-refractivity contribution in [2.75, 3.05) is 19.6 Å². The quantitative estimate of drug-likeness (QED) is 0.801. The molecule has 0 saturated carbocycles. The average Bonchev–Trinajstić information content (AvgIpc) is 2.33. The Morgan fingerprint density at radius 2 is 2.06 bits per heavy atom. The summed E-state index contributed by atoms with van der Waals surface area (Å²) >= 11 is 0. The Hall–Kier alpha value is -1.39. The number of rotatable bonds is 2. The standard InChI is InChI=1S/C13H19N3O/c1-13(2)10-14-8-9-16(13)15-12(17)11-6-4-3-5-7-11/h3-7,14H,8-10H2,1-2H3,(H,15,17). The smallest absolute Gasteiger partial charge is 0.265 e. The van der Waals surface area contributed by atoms with Gasteiger partial charge < -0.3 is 5.32 Å². The maximum atomic E-state index is 12.0. The number of carbonyl (C=O) groups is 1. The van der Waals surface area contributed by atoms with Gasteiger partial charge in [0.25, 0.3) is 5.91 Å². The van der Waals surface area contributed by atoms with E-state index in [9.17, 15) is 4.79 Å². The zero-order valence-corrected chi connectivity index (χ0v) is 10.4. The van der Waals surface area contributed by atoms with Crippen molar-refractivity contribution in [1.29, 1.82) is 0 Å². The third-order valence-electron chi connectivity index (χ3n) is 3.07. The van der Waals surface area contributed by atoms with Crippen LogP contribution in [0.1, 0.15) is 24.2 Å². The van der Waals surface area contributed by atoms with E-state index < -0.39 is 0 Å². The van der Waals surface area contributed by atoms with Gasteiger partial charge in [-0.05, 0) is 26.0 Å². The minimum atomic E-state index is -0.0529. The van der Waals surface area contributed by atoms with Gasteiger partial charge in [-0.3, -0.25) is 10.2 Å². The number of nitrogens with one attached hydrogen (secondary N) is 2. The molecule has 0 aliphatic carbocycles. The van der Waals surface area contributed by atoms with Crippen LogP contribution in [0.25, 0.3) is 0 Å². The average molecular weight is 233 g/mol. The lowest BCUT2D eigenvalue weighted by Gasteiger charge is -2.42. The Kier molecular flexibility index (Phi) is 3.45. The number of benzene rings is 1. The molecule has 1 aromatic carbocycles. The van der Waals surface area contributed by atoms with Gasteiger partial charge in [0.05, 0.1) is 0 Å². The summed E-state index contributed by atoms with van der Waals surface area (Å²) in [5.41, 5.74) is 3.62. The van der Waals surface area contributed by atoms with Crippen LogP contribution in [0.15, 0.2) is 30.3 Å². The molecule has 1 aliphatic heterocycles. The van der Waals surface area contributed by atoms with E-state index in [2.05, 4.69) is 24.6 Å². The van der Waals surface area contributed by atoms with Gasteiger partial charge in [0, 0.05) is 30.7 Å². The summed E-state index contributed by atoms with van der Waals surface area (Å²) in [6.07, 6.45) is 0. The SMILES string of the molecule is CC1(C)CNCCN1NC(=O)c1ccccc1. The van der Waals surface area contributed by atoms with Gasteiger partial charge in [0.2, 0.25) is 0 Å². The van der Waals surface area contributed by atoms with Crippen LogP contribution in [-0.4, -0.2) is 36.1 Å². The second kappa shape index (κ2) is 4.85. The minimum Gasteiger partial charge on any atom is -0.313 e. The van der Waals surface area contributed by atoms with E-state index in [0.717, 1.165) is 19.6 Å². The highest BCUT2D eigenvalue weighted by Crippen LogP contribution is 2.13. The van der Waals surface area contributed by atoms with Crippen LogP contribution in [-0.2, 0) is 0 Å². The van der Waals surface area contributed by atoms with E-state index in [1.165, 1.54) is 0 Å². The lowest BCUT2D eigenvalue weighted by Crippen LogP contribution is -2.63. The van der Waals surface area contributed by atoms with Crippen LogP contribution in [0.2, 0.25) is 0 Å². The van der Waals surface area contributed by atoms with E-state index in [4.69, 9.17) is 0 Å². The molecule has 1 aliphatic rings. The van der Waals surface area contributed by atoms with Crippen LogP contribution in [0, 0.1) is 0 Å². The summed E-state index contributed by atoms with van der Waals surface area (Å²) in [6, 6.07) is 9.30. The number of carbonyl (C=O) groups excluding carboxylic acids is 1. The summed E-state index contributed by atoms with van der Waals surface area (Å²) in [6.45, 7) is 6.83. The van der Waals surface area contributed by atoms with Gasteiger partial charge in [-0.15, -0.1) is 0 Å². The first-order chi connectivity index (χ1) is 8.09. The molecular weight excluding hydrogens is 214 g/mol. The normalized spacial score (nSPS) is 19.9. The zero-order chi connectivity index (χ0) is 12.3. The molecule has 1 aromatic rings. The van der Waals surface area contributed by atoms with Crippen molar-refractivity contribution < 1.29 is 4.79 Å². The monoisotopic (exact) mass is 233 g/mol. The zero-order valence-electron chi connectivity index (χ0n) is 10.4. The molecule has 2 rings (SSSR count). The Morgan fingerprint density at radius 3 is 2.71 bits per heavy atom. The van der Waals surface area contributed by atoms with E-state index in [1.54, 1.807) is 0 Å². The highest BCUT2D eigenvalue weighted by atomic mass is 16.2. The van der Waals surface area contributed by atoms with Crippen LogP contribution in [0.5, 0.6) is 0 Å². The fraction of sp³-hybridized carbons (Fsp3) is 0.462. The summed E-state index contributed by atoms with van der Waals surface area (Å²) in [4.78, 5) is 12.0. The first-order valence-corrected chi connectivity index (χ1v) is 5.94. The second-order valence-electron chi connectivity index (χ2n) is 4.95. The van der Waals surface area contributed by atoms with Crippen molar-refractivity contribution in [3.63, 3.8) is 0 Å². The molecule has 0 aromatic heterocycles. The van der Waals surface area contributed by atoms with Gasteiger partial charge >= 0.3 is 0 Å². The predicted molar refractivity (Wildman–Crippen MR) is 67.6 cm³/mol. The molecule has 2 N–H and O–H groups in total. The molecule has 0 atom stereocenters. The topological polar surface area (TPSA) is 44.4 Å². The molecule has 0 radical (unpaired) electrons. The maximum absolute atomic E-state index is 12.0. The van der Waals surface area contributed by atoms with Crippen molar-refractivity contribution >= 4 is 5.91 Å². The Labute approximate surface area is 102 Å². The fourth-order valence-electron chi connectivity index (χ4n) is 1.97. The van der Waals surface area contributed by atoms with E-state index in [1.807, 2.05) is 35.3 Å². The molecule has 1 saturated heterocycles. The molecule has 1 fully saturated rings. The maximum Gasteiger partial charge on any atom is 0.265 e. The molecule has 0 bridgehead atoms. The highest BCUT2D eigenvalue weighted by molar-refractivity contribution is 5.93. The molecule has 1 amide bonds. The Balaban J connectivity index is 2.03. The third kappa shape index (κ3) is 2.84. The molecule has 4 nitrogen and oxygen atoms in total. The molecule has 92 valence electrons. The van der Waals surface area contributed by atoms with Gasteiger partial charge in [0.15, 0.2) is 0 Å². The van der Waals surface area contributed by atoms with Gasteiger partial charge in [0.1, 0.15) is 0 Å². The first kappa shape index (κ1) is 12.1. The van der Waals surface area contributed by atoms with Crippen molar-refractivity contribution in [3.8, 4) is 0 Å². The van der Waals surface area contributed by atoms with E-state index >= 15 is 0 Å². The lowest BCUT2D eigenvalue weighted by atomic mass is 10.0. The summed E-state index contributed by atoms with van der Waals surface area (Å²) in [5, 5.41) is 5.34. The first-order valence-electron chi connectivity index (χ1n) is 5.94. The van der Waals surface area contributed by atoms with Crippen LogP contribution in [0.3, 0.4) is 0 Å². The second-order valence-corrected chi connectivity index (χ2v) is 4.95. The molecule has 17 heavy (non-hydrogen) atoms. The Bertz CT molecular complexity index is 389. The number of nitrogens with zero attached hydrogens (tertiary/aromatic N) is 1. The third-order valence-corrected chi connectivity index (χ3v) is 3.07. The largest absolute Gasteiger partial charge is 0.313 e. The molecule has 0 spiro atoms. The van der Waals surface area contributed by atoms with Crippen molar-refractivity contribution in [2.24, 2.45) is 0 Å². The number of piperazine rings is 1. The number of amides is 1. The van der Waals surface area contributed by atoms with Gasteiger partial charge in [-0.2, -0.15) is 0 Å². The molecule has 0 unspecified atom stereocenters. The molecular formula is C13H19N3O. The number of hydrazine groups is 1. The number of hydrogen-bond acceptors (Lipinski definition) is 3. The summed E-state index contributed by atoms with van der Waals surface area (Å²) in [7, 11) is 0. The van der Waals surface area contributed by atoms with Crippen molar-refractivity contribution in [1.82, 2.24) is 15.8 Å². The van der Waals surface area contributed by atoms with Crippen LogP contribution < -0.4 is 10.7 Å². The van der Waals surface area contributed by atoms with Crippen molar-refractivity contribution in [2.45, 2.75) is 19.4 Å². The van der Waals surface area contributed by atoms with E-state index in [-0.39, 0.29) is 11.4 Å². The van der Waals surface area contributed by atoms with Crippen molar-refractivity contribution in [3.05, 3.63) is 35.9 Å². The summed E-state index contributed by atoms with van der Waals surface area (Å²) in [5.74, 6) is -0.0411. The predicted octanol–water partition coefficient (Wildman–Crippen LogP) is 1.02. The highest BCUT2D eigenvalue weighted by Gasteiger charge is 2.30. The van der Waals surface area contributed by atoms with Crippen LogP contribution in [0.4, 0.5) is 0 Å². The lowest BCUT2D eigenvalue weighted by molar-refractivity contribution is 0.0306. The van der Waals surface area contributed by atoms with Crippen LogP contribution >= 0.6 is 0 Å². The van der Waals surface area contributed by atoms with Gasteiger partial charge in [-0.25, -0.2) is 5.01 Å². The number of hydrogen-bond donors (Lipinski definition) is 2. The molecule has 4 heteroatoms. The Morgan fingerprint density at radius 1 is 1.35 bits per heavy atom. The minimum absolute atomic E-state index is 0.0411. The van der Waals surface area contributed by atoms with E-state index in [0.29, 0.717) is 5.56 Å².